The van der Waals surface area contributed by atoms with Crippen molar-refractivity contribution in [3.63, 3.8) is 0 Å². The van der Waals surface area contributed by atoms with Gasteiger partial charge in [0.2, 0.25) is 0 Å². The van der Waals surface area contributed by atoms with Crippen molar-refractivity contribution in [1.82, 2.24) is 0 Å². The number of aromatic carboxylic acids is 1. The van der Waals surface area contributed by atoms with Gasteiger partial charge in [0, 0.05) is 5.69 Å². The molecule has 0 heterocycles. The zero-order valence-electron chi connectivity index (χ0n) is 11.7. The summed E-state index contributed by atoms with van der Waals surface area (Å²) in [6, 6.07) is 8.76. The third-order valence-electron chi connectivity index (χ3n) is 3.14. The van der Waals surface area contributed by atoms with Crippen LogP contribution in [0.4, 0.5) is 20.2 Å². The fraction of sp³-hybridized carbons (Fsp3) is 0.188. The van der Waals surface area contributed by atoms with E-state index in [2.05, 4.69) is 5.32 Å². The number of halogens is 2. The van der Waals surface area contributed by atoms with Gasteiger partial charge < -0.3 is 10.4 Å². The molecule has 0 spiro atoms. The summed E-state index contributed by atoms with van der Waals surface area (Å²) in [6.45, 7) is 4.10. The van der Waals surface area contributed by atoms with Crippen LogP contribution in [0.1, 0.15) is 35.7 Å². The van der Waals surface area contributed by atoms with Crippen LogP contribution in [0.15, 0.2) is 36.4 Å². The number of rotatable bonds is 4. The van der Waals surface area contributed by atoms with Gasteiger partial charge in [-0.1, -0.05) is 26.0 Å². The first-order chi connectivity index (χ1) is 9.88. The maximum Gasteiger partial charge on any atom is 0.335 e. The SMILES string of the molecule is CC(C)c1ccc(Nc2c(F)cc(C(=O)O)cc2F)cc1. The fourth-order valence-corrected chi connectivity index (χ4v) is 1.91. The van der Waals surface area contributed by atoms with Crippen molar-refractivity contribution >= 4 is 17.3 Å². The molecule has 0 atom stereocenters. The summed E-state index contributed by atoms with van der Waals surface area (Å²) in [7, 11) is 0. The van der Waals surface area contributed by atoms with E-state index in [0.29, 0.717) is 11.6 Å². The van der Waals surface area contributed by atoms with Crippen molar-refractivity contribution < 1.29 is 18.7 Å². The van der Waals surface area contributed by atoms with E-state index in [9.17, 15) is 13.6 Å². The average Bonchev–Trinajstić information content (AvgIpc) is 2.43. The Kier molecular flexibility index (Phi) is 4.21. The first-order valence-electron chi connectivity index (χ1n) is 6.48. The summed E-state index contributed by atoms with van der Waals surface area (Å²) in [5.41, 5.74) is 0.853. The maximum atomic E-state index is 13.8. The molecule has 21 heavy (non-hydrogen) atoms. The van der Waals surface area contributed by atoms with Gasteiger partial charge in [-0.2, -0.15) is 0 Å². The highest BCUT2D eigenvalue weighted by Gasteiger charge is 2.14. The van der Waals surface area contributed by atoms with Crippen LogP contribution in [0.3, 0.4) is 0 Å². The second-order valence-electron chi connectivity index (χ2n) is 5.02. The molecule has 0 amide bonds. The normalized spacial score (nSPS) is 10.7. The molecule has 0 aliphatic rings. The minimum absolute atomic E-state index is 0.363. The van der Waals surface area contributed by atoms with Gasteiger partial charge in [0.05, 0.1) is 5.56 Å². The van der Waals surface area contributed by atoms with Crippen LogP contribution < -0.4 is 5.32 Å². The van der Waals surface area contributed by atoms with E-state index in [4.69, 9.17) is 5.11 Å². The van der Waals surface area contributed by atoms with Gasteiger partial charge in [0.15, 0.2) is 11.6 Å². The second-order valence-corrected chi connectivity index (χ2v) is 5.02. The Morgan fingerprint density at radius 1 is 1.10 bits per heavy atom. The van der Waals surface area contributed by atoms with Crippen LogP contribution in [0.5, 0.6) is 0 Å². The van der Waals surface area contributed by atoms with E-state index in [0.717, 1.165) is 17.7 Å². The summed E-state index contributed by atoms with van der Waals surface area (Å²) >= 11 is 0. The summed E-state index contributed by atoms with van der Waals surface area (Å²) in [5.74, 6) is -2.90. The van der Waals surface area contributed by atoms with Crippen LogP contribution in [-0.2, 0) is 0 Å². The Hall–Kier alpha value is -2.43. The number of hydrogen-bond donors (Lipinski definition) is 2. The van der Waals surface area contributed by atoms with Gasteiger partial charge in [-0.05, 0) is 35.7 Å². The first kappa shape index (κ1) is 15.0. The van der Waals surface area contributed by atoms with Gasteiger partial charge >= 0.3 is 5.97 Å². The molecule has 0 saturated heterocycles. The van der Waals surface area contributed by atoms with Gasteiger partial charge in [0.25, 0.3) is 0 Å². The fourth-order valence-electron chi connectivity index (χ4n) is 1.91. The molecule has 0 saturated carbocycles. The van der Waals surface area contributed by atoms with Crippen LogP contribution in [0.2, 0.25) is 0 Å². The molecule has 110 valence electrons. The average molecular weight is 291 g/mol. The standard InChI is InChI=1S/C16H15F2NO2/c1-9(2)10-3-5-12(6-4-10)19-15-13(17)7-11(16(20)21)8-14(15)18/h3-9,19H,1-2H3,(H,20,21). The third-order valence-corrected chi connectivity index (χ3v) is 3.14. The smallest absolute Gasteiger partial charge is 0.335 e. The highest BCUT2D eigenvalue weighted by molar-refractivity contribution is 5.88. The number of carbonyl (C=O) groups is 1. The highest BCUT2D eigenvalue weighted by Crippen LogP contribution is 2.26. The quantitative estimate of drug-likeness (QED) is 0.870. The minimum Gasteiger partial charge on any atom is -0.478 e. The van der Waals surface area contributed by atoms with Gasteiger partial charge in [0.1, 0.15) is 5.69 Å². The Balaban J connectivity index is 2.29. The van der Waals surface area contributed by atoms with Crippen LogP contribution >= 0.6 is 0 Å². The molecule has 2 aromatic rings. The number of benzene rings is 2. The molecule has 0 unspecified atom stereocenters. The van der Waals surface area contributed by atoms with Crippen molar-refractivity contribution in [2.24, 2.45) is 0 Å². The molecule has 0 aromatic heterocycles. The van der Waals surface area contributed by atoms with E-state index < -0.39 is 23.2 Å². The first-order valence-corrected chi connectivity index (χ1v) is 6.48. The summed E-state index contributed by atoms with van der Waals surface area (Å²) in [4.78, 5) is 10.7. The number of carboxylic acid groups (broad SMARTS) is 1. The molecular weight excluding hydrogens is 276 g/mol. The van der Waals surface area contributed by atoms with Gasteiger partial charge in [-0.25, -0.2) is 13.6 Å². The lowest BCUT2D eigenvalue weighted by atomic mass is 10.0. The summed E-state index contributed by atoms with van der Waals surface area (Å²) in [6.07, 6.45) is 0. The van der Waals surface area contributed by atoms with Crippen LogP contribution in [0, 0.1) is 11.6 Å². The molecule has 0 aliphatic carbocycles. The summed E-state index contributed by atoms with van der Waals surface area (Å²) in [5, 5.41) is 11.4. The Morgan fingerprint density at radius 2 is 1.62 bits per heavy atom. The minimum atomic E-state index is -1.37. The maximum absolute atomic E-state index is 13.8. The lowest BCUT2D eigenvalue weighted by Crippen LogP contribution is -2.03. The molecule has 0 bridgehead atoms. The number of nitrogens with one attached hydrogen (secondary N) is 1. The zero-order chi connectivity index (χ0) is 15.6. The van der Waals surface area contributed by atoms with E-state index >= 15 is 0 Å². The van der Waals surface area contributed by atoms with Crippen molar-refractivity contribution in [3.8, 4) is 0 Å². The number of anilines is 2. The van der Waals surface area contributed by atoms with E-state index in [1.807, 2.05) is 26.0 Å². The van der Waals surface area contributed by atoms with Gasteiger partial charge in [-0.3, -0.25) is 0 Å². The van der Waals surface area contributed by atoms with Crippen LogP contribution in [0.25, 0.3) is 0 Å². The third kappa shape index (κ3) is 3.37. The largest absolute Gasteiger partial charge is 0.478 e. The number of carboxylic acids is 1. The Morgan fingerprint density at radius 3 is 2.05 bits per heavy atom. The van der Waals surface area contributed by atoms with E-state index in [1.54, 1.807) is 12.1 Å². The Bertz CT molecular complexity index is 643. The molecule has 2 aromatic carbocycles. The Labute approximate surface area is 121 Å². The van der Waals surface area contributed by atoms with Crippen LogP contribution in [-0.4, -0.2) is 11.1 Å². The molecule has 2 N–H and O–H groups in total. The number of hydrogen-bond acceptors (Lipinski definition) is 2. The molecule has 3 nitrogen and oxygen atoms in total. The van der Waals surface area contributed by atoms with Crippen molar-refractivity contribution in [3.05, 3.63) is 59.2 Å². The van der Waals surface area contributed by atoms with Crippen molar-refractivity contribution in [2.75, 3.05) is 5.32 Å². The second kappa shape index (κ2) is 5.91. The monoisotopic (exact) mass is 291 g/mol. The van der Waals surface area contributed by atoms with Crippen molar-refractivity contribution in [2.45, 2.75) is 19.8 Å². The highest BCUT2D eigenvalue weighted by atomic mass is 19.1. The molecule has 0 aliphatic heterocycles. The van der Waals surface area contributed by atoms with Crippen molar-refractivity contribution in [1.29, 1.82) is 0 Å². The topological polar surface area (TPSA) is 49.3 Å². The lowest BCUT2D eigenvalue weighted by Gasteiger charge is -2.11. The predicted molar refractivity (Wildman–Crippen MR) is 77.1 cm³/mol. The van der Waals surface area contributed by atoms with E-state index in [-0.39, 0.29) is 5.69 Å². The summed E-state index contributed by atoms with van der Waals surface area (Å²) < 4.78 is 27.6. The molecule has 0 radical (unpaired) electrons. The predicted octanol–water partition coefficient (Wildman–Crippen LogP) is 4.53. The zero-order valence-corrected chi connectivity index (χ0v) is 11.7. The molecular formula is C16H15F2NO2. The van der Waals surface area contributed by atoms with Gasteiger partial charge in [-0.15, -0.1) is 0 Å². The molecule has 0 fully saturated rings. The molecule has 5 heteroatoms. The molecule has 2 rings (SSSR count). The van der Waals surface area contributed by atoms with E-state index in [1.165, 1.54) is 0 Å². The lowest BCUT2D eigenvalue weighted by molar-refractivity contribution is 0.0696.